The Kier molecular flexibility index (Phi) is 5.96. The van der Waals surface area contributed by atoms with Crippen molar-refractivity contribution < 1.29 is 22.7 Å². The smallest absolute Gasteiger partial charge is 0.379 e. The van der Waals surface area contributed by atoms with Gasteiger partial charge < -0.3 is 15.4 Å². The third kappa shape index (κ3) is 4.44. The zero-order valence-electron chi connectivity index (χ0n) is 16.4. The van der Waals surface area contributed by atoms with Gasteiger partial charge >= 0.3 is 6.18 Å². The number of aromatic nitrogens is 2. The molecule has 1 aromatic heterocycles. The Hall–Kier alpha value is -2.59. The molecule has 2 N–H and O–H groups in total. The van der Waals surface area contributed by atoms with Crippen molar-refractivity contribution in [3.63, 3.8) is 0 Å². The van der Waals surface area contributed by atoms with E-state index in [1.165, 1.54) is 6.20 Å². The van der Waals surface area contributed by atoms with Crippen LogP contribution in [0.4, 0.5) is 19.0 Å². The molecule has 0 radical (unpaired) electrons. The molecule has 0 unspecified atom stereocenters. The van der Waals surface area contributed by atoms with E-state index >= 15 is 0 Å². The van der Waals surface area contributed by atoms with Gasteiger partial charge in [0.1, 0.15) is 11.4 Å². The number of alkyl halides is 3. The highest BCUT2D eigenvalue weighted by atomic mass is 19.4. The van der Waals surface area contributed by atoms with Crippen LogP contribution in [0.1, 0.15) is 34.4 Å². The van der Waals surface area contributed by atoms with Crippen molar-refractivity contribution in [2.24, 2.45) is 0 Å². The average Bonchev–Trinajstić information content (AvgIpc) is 3.17. The number of morpholine rings is 1. The van der Waals surface area contributed by atoms with Crippen LogP contribution >= 0.6 is 0 Å². The number of anilines is 1. The van der Waals surface area contributed by atoms with Crippen molar-refractivity contribution >= 4 is 11.7 Å². The molecule has 1 aromatic carbocycles. The molecule has 162 valence electrons. The van der Waals surface area contributed by atoms with Crippen molar-refractivity contribution in [3.8, 4) is 0 Å². The number of benzene rings is 1. The molecule has 2 atom stereocenters. The number of rotatable bonds is 5. The van der Waals surface area contributed by atoms with E-state index < -0.39 is 24.2 Å². The number of amides is 1. The second-order valence-corrected chi connectivity index (χ2v) is 7.46. The van der Waals surface area contributed by atoms with Gasteiger partial charge in [-0.2, -0.15) is 18.3 Å². The quantitative estimate of drug-likeness (QED) is 0.774. The lowest BCUT2D eigenvalue weighted by Crippen LogP contribution is -2.41. The molecule has 4 rings (SSSR count). The molecule has 0 saturated carbocycles. The molecule has 2 aromatic rings. The van der Waals surface area contributed by atoms with Crippen LogP contribution < -0.4 is 10.6 Å². The van der Waals surface area contributed by atoms with Crippen molar-refractivity contribution in [1.82, 2.24) is 20.0 Å². The normalized spacial score (nSPS) is 22.2. The van der Waals surface area contributed by atoms with Crippen LogP contribution in [-0.2, 0) is 4.74 Å². The highest BCUT2D eigenvalue weighted by molar-refractivity contribution is 5.98. The highest BCUT2D eigenvalue weighted by Crippen LogP contribution is 2.44. The first-order valence-corrected chi connectivity index (χ1v) is 9.97. The van der Waals surface area contributed by atoms with Gasteiger partial charge in [-0.05, 0) is 5.56 Å². The van der Waals surface area contributed by atoms with E-state index in [4.69, 9.17) is 4.74 Å². The van der Waals surface area contributed by atoms with Gasteiger partial charge in [0.2, 0.25) is 0 Å². The van der Waals surface area contributed by atoms with Crippen LogP contribution in [-0.4, -0.2) is 66.2 Å². The maximum Gasteiger partial charge on any atom is 0.410 e. The summed E-state index contributed by atoms with van der Waals surface area (Å²) >= 11 is 0. The number of nitrogens with zero attached hydrogens (tertiary/aromatic N) is 3. The number of fused-ring (bicyclic) bond motifs is 1. The molecule has 30 heavy (non-hydrogen) atoms. The zero-order valence-corrected chi connectivity index (χ0v) is 16.4. The standard InChI is InChI=1S/C20H24F3N5O2/c21-20(22,23)17-12-16(14-4-2-1-3-5-14)26-18-15(13-25-28(17)18)19(29)24-6-7-27-8-10-30-11-9-27/h1-5,13,16-17,26H,6-12H2,(H,24,29)/t16-,17+/m1/s1. The van der Waals surface area contributed by atoms with E-state index in [0.29, 0.717) is 26.3 Å². The van der Waals surface area contributed by atoms with E-state index in [1.54, 1.807) is 24.3 Å². The monoisotopic (exact) mass is 423 g/mol. The molecule has 3 heterocycles. The second-order valence-electron chi connectivity index (χ2n) is 7.46. The molecule has 2 aliphatic heterocycles. The van der Waals surface area contributed by atoms with Gasteiger partial charge in [0.15, 0.2) is 6.04 Å². The SMILES string of the molecule is O=C(NCCN1CCOCC1)c1cnn2c1N[C@@H](c1ccccc1)C[C@H]2C(F)(F)F. The summed E-state index contributed by atoms with van der Waals surface area (Å²) in [4.78, 5) is 14.9. The highest BCUT2D eigenvalue weighted by Gasteiger charge is 2.47. The number of hydrogen-bond acceptors (Lipinski definition) is 5. The first kappa shape index (κ1) is 20.7. The molecule has 1 amide bonds. The zero-order chi connectivity index (χ0) is 21.1. The molecule has 0 bridgehead atoms. The molecular formula is C20H24F3N5O2. The predicted octanol–water partition coefficient (Wildman–Crippen LogP) is 2.61. The summed E-state index contributed by atoms with van der Waals surface area (Å²) < 4.78 is 47.3. The van der Waals surface area contributed by atoms with Crippen molar-refractivity contribution in [2.45, 2.75) is 24.7 Å². The summed E-state index contributed by atoms with van der Waals surface area (Å²) in [5, 5.41) is 9.79. The first-order valence-electron chi connectivity index (χ1n) is 9.97. The maximum atomic E-state index is 13.7. The van der Waals surface area contributed by atoms with Gasteiger partial charge in [0, 0.05) is 32.6 Å². The van der Waals surface area contributed by atoms with Crippen molar-refractivity contribution in [3.05, 3.63) is 47.7 Å². The molecule has 1 saturated heterocycles. The molecule has 7 nitrogen and oxygen atoms in total. The average molecular weight is 423 g/mol. The third-order valence-electron chi connectivity index (χ3n) is 5.50. The van der Waals surface area contributed by atoms with E-state index in [-0.39, 0.29) is 17.8 Å². The summed E-state index contributed by atoms with van der Waals surface area (Å²) in [7, 11) is 0. The second kappa shape index (κ2) is 8.65. The lowest BCUT2D eigenvalue weighted by molar-refractivity contribution is -0.173. The number of carbonyl (C=O) groups excluding carboxylic acids is 1. The van der Waals surface area contributed by atoms with Crippen LogP contribution in [0, 0.1) is 0 Å². The summed E-state index contributed by atoms with van der Waals surface area (Å²) in [6.45, 7) is 3.97. The Labute approximate surface area is 172 Å². The predicted molar refractivity (Wildman–Crippen MR) is 104 cm³/mol. The molecule has 2 aliphatic rings. The lowest BCUT2D eigenvalue weighted by atomic mass is 9.96. The van der Waals surface area contributed by atoms with Gasteiger partial charge in [-0.1, -0.05) is 30.3 Å². The van der Waals surface area contributed by atoms with E-state index in [0.717, 1.165) is 23.3 Å². The number of carbonyl (C=O) groups is 1. The first-order chi connectivity index (χ1) is 14.4. The minimum atomic E-state index is -4.47. The molecule has 1 fully saturated rings. The van der Waals surface area contributed by atoms with Gasteiger partial charge in [0.25, 0.3) is 5.91 Å². The number of halogens is 3. The Bertz CT molecular complexity index is 865. The van der Waals surface area contributed by atoms with Gasteiger partial charge in [-0.25, -0.2) is 4.68 Å². The minimum Gasteiger partial charge on any atom is -0.379 e. The van der Waals surface area contributed by atoms with Crippen LogP contribution in [0.3, 0.4) is 0 Å². The van der Waals surface area contributed by atoms with Gasteiger partial charge in [-0.15, -0.1) is 0 Å². The van der Waals surface area contributed by atoms with Crippen molar-refractivity contribution in [1.29, 1.82) is 0 Å². The van der Waals surface area contributed by atoms with E-state index in [1.807, 2.05) is 6.07 Å². The summed E-state index contributed by atoms with van der Waals surface area (Å²) in [5.41, 5.74) is 0.852. The van der Waals surface area contributed by atoms with Gasteiger partial charge in [-0.3, -0.25) is 9.69 Å². The fourth-order valence-corrected chi connectivity index (χ4v) is 3.88. The summed E-state index contributed by atoms with van der Waals surface area (Å²) in [6.07, 6.45) is -3.46. The fourth-order valence-electron chi connectivity index (χ4n) is 3.88. The largest absolute Gasteiger partial charge is 0.410 e. The minimum absolute atomic E-state index is 0.0984. The lowest BCUT2D eigenvalue weighted by Gasteiger charge is -2.34. The van der Waals surface area contributed by atoms with Crippen LogP contribution in [0.5, 0.6) is 0 Å². The molecular weight excluding hydrogens is 399 g/mol. The fraction of sp³-hybridized carbons (Fsp3) is 0.500. The molecule has 0 aliphatic carbocycles. The molecule has 0 spiro atoms. The number of nitrogens with one attached hydrogen (secondary N) is 2. The van der Waals surface area contributed by atoms with Crippen LogP contribution in [0.2, 0.25) is 0 Å². The number of ether oxygens (including phenoxy) is 1. The maximum absolute atomic E-state index is 13.7. The Morgan fingerprint density at radius 1 is 1.23 bits per heavy atom. The van der Waals surface area contributed by atoms with Crippen molar-refractivity contribution in [2.75, 3.05) is 44.7 Å². The third-order valence-corrected chi connectivity index (χ3v) is 5.50. The number of hydrogen-bond donors (Lipinski definition) is 2. The summed E-state index contributed by atoms with van der Waals surface area (Å²) in [6, 6.07) is 6.56. The Balaban J connectivity index is 1.51. The van der Waals surface area contributed by atoms with Crippen LogP contribution in [0.15, 0.2) is 36.5 Å². The Morgan fingerprint density at radius 3 is 2.67 bits per heavy atom. The summed E-state index contributed by atoms with van der Waals surface area (Å²) in [5.74, 6) is -0.340. The van der Waals surface area contributed by atoms with E-state index in [2.05, 4.69) is 20.6 Å². The van der Waals surface area contributed by atoms with E-state index in [9.17, 15) is 18.0 Å². The molecule has 10 heteroatoms. The topological polar surface area (TPSA) is 71.4 Å². The van der Waals surface area contributed by atoms with Gasteiger partial charge in [0.05, 0.1) is 25.5 Å². The Morgan fingerprint density at radius 2 is 1.97 bits per heavy atom. The van der Waals surface area contributed by atoms with Crippen LogP contribution in [0.25, 0.3) is 0 Å².